The standard InChI is InChI=1S/C25H32N4O3S/c1-2-16-32-23-5-3-4-22(27-23)28-24(30)20-9-8-19(33(26,31)18-6-7-18)17-21(20)29-14-12-25(10-11-25)13-15-29/h3-5,8-9,17-18,26H,2,6-7,10-16H2,1H3,(H,27,28,30). The average molecular weight is 469 g/mol. The van der Waals surface area contributed by atoms with Gasteiger partial charge >= 0.3 is 0 Å². The number of ether oxygens (including phenoxy) is 1. The summed E-state index contributed by atoms with van der Waals surface area (Å²) in [6, 6.07) is 10.6. The monoisotopic (exact) mass is 468 g/mol. The van der Waals surface area contributed by atoms with Gasteiger partial charge in [0, 0.05) is 29.3 Å². The van der Waals surface area contributed by atoms with Crippen LogP contribution in [0.3, 0.4) is 0 Å². The first-order chi connectivity index (χ1) is 15.9. The third-order valence-corrected chi connectivity index (χ3v) is 9.46. The zero-order valence-electron chi connectivity index (χ0n) is 19.1. The van der Waals surface area contributed by atoms with Crippen LogP contribution in [0.25, 0.3) is 0 Å². The summed E-state index contributed by atoms with van der Waals surface area (Å²) in [5, 5.41) is 2.84. The quantitative estimate of drug-likeness (QED) is 0.564. The normalized spacial score (nSPS) is 20.8. The molecule has 2 heterocycles. The van der Waals surface area contributed by atoms with Crippen LogP contribution in [0.15, 0.2) is 41.3 Å². The number of anilines is 2. The summed E-state index contributed by atoms with van der Waals surface area (Å²) in [7, 11) is -2.84. The zero-order valence-corrected chi connectivity index (χ0v) is 20.0. The van der Waals surface area contributed by atoms with Gasteiger partial charge in [0.2, 0.25) is 5.88 Å². The topological polar surface area (TPSA) is 95.4 Å². The Kier molecular flexibility index (Phi) is 5.80. The summed E-state index contributed by atoms with van der Waals surface area (Å²) in [6.07, 6.45) is 7.41. The largest absolute Gasteiger partial charge is 0.478 e. The van der Waals surface area contributed by atoms with E-state index in [0.717, 1.165) is 50.9 Å². The summed E-state index contributed by atoms with van der Waals surface area (Å²) in [4.78, 5) is 20.5. The first kappa shape index (κ1) is 22.2. The predicted molar refractivity (Wildman–Crippen MR) is 130 cm³/mol. The van der Waals surface area contributed by atoms with Gasteiger partial charge in [-0.25, -0.2) is 8.99 Å². The van der Waals surface area contributed by atoms with Crippen LogP contribution >= 0.6 is 0 Å². The van der Waals surface area contributed by atoms with Gasteiger partial charge in [0.15, 0.2) is 0 Å². The molecule has 2 saturated carbocycles. The van der Waals surface area contributed by atoms with E-state index in [1.165, 1.54) is 12.8 Å². The lowest BCUT2D eigenvalue weighted by Gasteiger charge is -2.35. The van der Waals surface area contributed by atoms with E-state index < -0.39 is 9.73 Å². The van der Waals surface area contributed by atoms with Crippen molar-refractivity contribution in [1.82, 2.24) is 4.98 Å². The SMILES string of the molecule is CCCOc1cccc(NC(=O)c2ccc(S(=N)(=O)C3CC3)cc2N2CCC3(CC2)CC3)n1. The Bertz CT molecular complexity index is 1150. The third kappa shape index (κ3) is 4.71. The fourth-order valence-corrected chi connectivity index (χ4v) is 6.34. The highest BCUT2D eigenvalue weighted by Gasteiger charge is 2.45. The highest BCUT2D eigenvalue weighted by Crippen LogP contribution is 2.54. The molecular weight excluding hydrogens is 436 g/mol. The lowest BCUT2D eigenvalue weighted by molar-refractivity contribution is 0.102. The lowest BCUT2D eigenvalue weighted by Crippen LogP contribution is -2.36. The second-order valence-corrected chi connectivity index (χ2v) is 12.0. The first-order valence-corrected chi connectivity index (χ1v) is 13.6. The number of nitrogens with one attached hydrogen (secondary N) is 2. The Labute approximate surface area is 195 Å². The molecule has 1 aliphatic heterocycles. The number of amides is 1. The minimum absolute atomic E-state index is 0.0591. The van der Waals surface area contributed by atoms with Gasteiger partial charge in [-0.1, -0.05) is 13.0 Å². The molecule has 1 spiro atoms. The third-order valence-electron chi connectivity index (χ3n) is 7.10. The number of piperidine rings is 1. The average Bonchev–Trinajstić information content (AvgIpc) is 3.74. The van der Waals surface area contributed by atoms with Gasteiger partial charge in [-0.05, 0) is 74.6 Å². The molecule has 33 heavy (non-hydrogen) atoms. The van der Waals surface area contributed by atoms with E-state index in [4.69, 9.17) is 9.52 Å². The molecule has 0 bridgehead atoms. The molecule has 1 saturated heterocycles. The van der Waals surface area contributed by atoms with Crippen LogP contribution < -0.4 is 15.0 Å². The van der Waals surface area contributed by atoms with E-state index in [1.54, 1.807) is 24.3 Å². The zero-order chi connectivity index (χ0) is 23.1. The number of pyridine rings is 1. The minimum atomic E-state index is -2.84. The lowest BCUT2D eigenvalue weighted by atomic mass is 9.93. The van der Waals surface area contributed by atoms with Crippen LogP contribution in [-0.2, 0) is 9.73 Å². The fraction of sp³-hybridized carbons (Fsp3) is 0.520. The smallest absolute Gasteiger partial charge is 0.258 e. The maximum absolute atomic E-state index is 13.3. The number of nitrogens with zero attached hydrogens (tertiary/aromatic N) is 2. The van der Waals surface area contributed by atoms with Gasteiger partial charge < -0.3 is 15.0 Å². The van der Waals surface area contributed by atoms with E-state index in [1.807, 2.05) is 19.1 Å². The van der Waals surface area contributed by atoms with Crippen molar-refractivity contribution in [2.75, 3.05) is 29.9 Å². The maximum Gasteiger partial charge on any atom is 0.258 e. The molecule has 3 aliphatic rings. The molecule has 1 atom stereocenters. The van der Waals surface area contributed by atoms with Crippen LogP contribution in [0, 0.1) is 10.2 Å². The van der Waals surface area contributed by atoms with Crippen LogP contribution in [-0.4, -0.2) is 40.0 Å². The van der Waals surface area contributed by atoms with E-state index in [2.05, 4.69) is 15.2 Å². The van der Waals surface area contributed by atoms with E-state index in [-0.39, 0.29) is 11.2 Å². The van der Waals surface area contributed by atoms with Gasteiger partial charge in [0.25, 0.3) is 5.91 Å². The van der Waals surface area contributed by atoms with Crippen LogP contribution in [0.4, 0.5) is 11.5 Å². The summed E-state index contributed by atoms with van der Waals surface area (Å²) in [5.41, 5.74) is 1.81. The summed E-state index contributed by atoms with van der Waals surface area (Å²) in [6.45, 7) is 4.36. The number of hydrogen-bond acceptors (Lipinski definition) is 6. The molecule has 2 aliphatic carbocycles. The van der Waals surface area contributed by atoms with E-state index >= 15 is 0 Å². The van der Waals surface area contributed by atoms with Crippen molar-refractivity contribution in [1.29, 1.82) is 4.78 Å². The van der Waals surface area contributed by atoms with Gasteiger partial charge in [-0.3, -0.25) is 4.79 Å². The van der Waals surface area contributed by atoms with Crippen molar-refractivity contribution in [2.24, 2.45) is 5.41 Å². The maximum atomic E-state index is 13.3. The van der Waals surface area contributed by atoms with E-state index in [0.29, 0.717) is 34.2 Å². The Morgan fingerprint density at radius 1 is 1.21 bits per heavy atom. The van der Waals surface area contributed by atoms with Crippen LogP contribution in [0.1, 0.15) is 62.2 Å². The molecule has 176 valence electrons. The Morgan fingerprint density at radius 3 is 2.64 bits per heavy atom. The molecule has 0 radical (unpaired) electrons. The fourth-order valence-electron chi connectivity index (χ4n) is 4.60. The number of benzene rings is 1. The second-order valence-electron chi connectivity index (χ2n) is 9.63. The molecule has 5 rings (SSSR count). The van der Waals surface area contributed by atoms with Crippen LogP contribution in [0.2, 0.25) is 0 Å². The Morgan fingerprint density at radius 2 is 1.97 bits per heavy atom. The predicted octanol–water partition coefficient (Wildman–Crippen LogP) is 5.07. The molecule has 3 fully saturated rings. The Balaban J connectivity index is 1.42. The van der Waals surface area contributed by atoms with E-state index in [9.17, 15) is 9.00 Å². The molecule has 2 N–H and O–H groups in total. The van der Waals surface area contributed by atoms with Gasteiger partial charge in [-0.2, -0.15) is 4.98 Å². The van der Waals surface area contributed by atoms with Crippen molar-refractivity contribution in [3.63, 3.8) is 0 Å². The molecule has 7 nitrogen and oxygen atoms in total. The summed E-state index contributed by atoms with van der Waals surface area (Å²) < 4.78 is 27.2. The van der Waals surface area contributed by atoms with Crippen LogP contribution in [0.5, 0.6) is 5.88 Å². The van der Waals surface area contributed by atoms with Crippen molar-refractivity contribution in [2.45, 2.75) is 62.0 Å². The number of rotatable bonds is 8. The van der Waals surface area contributed by atoms with Crippen molar-refractivity contribution in [3.05, 3.63) is 42.0 Å². The van der Waals surface area contributed by atoms with Crippen molar-refractivity contribution >= 4 is 27.1 Å². The Hall–Kier alpha value is -2.61. The number of carbonyl (C=O) groups is 1. The van der Waals surface area contributed by atoms with Gasteiger partial charge in [0.05, 0.1) is 27.6 Å². The summed E-state index contributed by atoms with van der Waals surface area (Å²) >= 11 is 0. The first-order valence-electron chi connectivity index (χ1n) is 12.0. The second kappa shape index (κ2) is 8.63. The number of hydrogen-bond donors (Lipinski definition) is 2. The highest BCUT2D eigenvalue weighted by atomic mass is 32.2. The summed E-state index contributed by atoms with van der Waals surface area (Å²) in [5.74, 6) is 0.655. The molecular formula is C25H32N4O3S. The molecule has 2 aromatic rings. The highest BCUT2D eigenvalue weighted by molar-refractivity contribution is 7.93. The number of carbonyl (C=O) groups excluding carboxylic acids is 1. The van der Waals surface area contributed by atoms with Gasteiger partial charge in [0.1, 0.15) is 5.82 Å². The molecule has 1 unspecified atom stereocenters. The van der Waals surface area contributed by atoms with Crippen molar-refractivity contribution < 1.29 is 13.7 Å². The van der Waals surface area contributed by atoms with Crippen molar-refractivity contribution in [3.8, 4) is 5.88 Å². The molecule has 8 heteroatoms. The van der Waals surface area contributed by atoms with Gasteiger partial charge in [-0.15, -0.1) is 0 Å². The minimum Gasteiger partial charge on any atom is -0.478 e. The molecule has 1 aromatic heterocycles. The molecule has 1 aromatic carbocycles. The number of aromatic nitrogens is 1. The molecule has 1 amide bonds.